The minimum absolute atomic E-state index is 0.0644. The molecule has 4 nitrogen and oxygen atoms in total. The predicted octanol–water partition coefficient (Wildman–Crippen LogP) is 4.50. The summed E-state index contributed by atoms with van der Waals surface area (Å²) in [5.74, 6) is 0.697. The van der Waals surface area contributed by atoms with E-state index < -0.39 is 0 Å². The summed E-state index contributed by atoms with van der Waals surface area (Å²) >= 11 is 1.50. The van der Waals surface area contributed by atoms with Crippen LogP contribution in [0.1, 0.15) is 23.0 Å². The zero-order valence-corrected chi connectivity index (χ0v) is 14.0. The molecule has 0 aliphatic carbocycles. The fraction of sp³-hybridized carbons (Fsp3) is 0.105. The first-order chi connectivity index (χ1) is 11.8. The Kier molecular flexibility index (Phi) is 5.13. The topological polar surface area (TPSA) is 52.1 Å². The second-order valence-electron chi connectivity index (χ2n) is 4.95. The van der Waals surface area contributed by atoms with E-state index in [1.807, 2.05) is 30.5 Å². The van der Waals surface area contributed by atoms with Crippen LogP contribution in [0.25, 0.3) is 16.8 Å². The van der Waals surface area contributed by atoms with Crippen molar-refractivity contribution in [2.75, 3.05) is 6.61 Å². The lowest BCUT2D eigenvalue weighted by atomic mass is 10.1. The molecular weight excluding hydrogens is 320 g/mol. The van der Waals surface area contributed by atoms with Crippen molar-refractivity contribution in [1.29, 1.82) is 0 Å². The Morgan fingerprint density at radius 3 is 2.75 bits per heavy atom. The lowest BCUT2D eigenvalue weighted by molar-refractivity contribution is 0.104. The van der Waals surface area contributed by atoms with Gasteiger partial charge >= 0.3 is 0 Å². The highest BCUT2D eigenvalue weighted by molar-refractivity contribution is 7.13. The van der Waals surface area contributed by atoms with E-state index in [1.54, 1.807) is 36.5 Å². The Morgan fingerprint density at radius 1 is 1.21 bits per heavy atom. The standard InChI is InChI=1S/C19H16N2O2S/c1-2-23-16-9-6-14(7-10-16)18(22)11-8-15-13-24-19(21-15)17-5-3-4-12-20-17/h3-13H,2H2,1H3. The molecule has 0 saturated heterocycles. The number of hydrogen-bond acceptors (Lipinski definition) is 5. The molecule has 0 bridgehead atoms. The molecule has 5 heteroatoms. The number of thiazole rings is 1. The molecule has 24 heavy (non-hydrogen) atoms. The van der Waals surface area contributed by atoms with Crippen molar-refractivity contribution in [3.63, 3.8) is 0 Å². The molecule has 0 N–H and O–H groups in total. The molecule has 0 radical (unpaired) electrons. The number of aromatic nitrogens is 2. The molecule has 120 valence electrons. The monoisotopic (exact) mass is 336 g/mol. The van der Waals surface area contributed by atoms with Crippen LogP contribution in [0.5, 0.6) is 5.75 Å². The van der Waals surface area contributed by atoms with E-state index in [0.717, 1.165) is 22.1 Å². The molecule has 3 aromatic rings. The van der Waals surface area contributed by atoms with Crippen LogP contribution >= 0.6 is 11.3 Å². The second-order valence-corrected chi connectivity index (χ2v) is 5.81. The van der Waals surface area contributed by atoms with E-state index >= 15 is 0 Å². The molecule has 0 atom stereocenters. The number of benzene rings is 1. The summed E-state index contributed by atoms with van der Waals surface area (Å²) in [5.41, 5.74) is 2.20. The van der Waals surface area contributed by atoms with Crippen LogP contribution in [0.15, 0.2) is 60.1 Å². The van der Waals surface area contributed by atoms with E-state index in [-0.39, 0.29) is 5.78 Å². The number of allylic oxidation sites excluding steroid dienone is 1. The maximum absolute atomic E-state index is 12.2. The summed E-state index contributed by atoms with van der Waals surface area (Å²) in [6.07, 6.45) is 5.00. The SMILES string of the molecule is CCOc1ccc(C(=O)C=Cc2csc(-c3ccccn3)n2)cc1. The Balaban J connectivity index is 1.69. The van der Waals surface area contributed by atoms with Gasteiger partial charge in [0.15, 0.2) is 5.78 Å². The van der Waals surface area contributed by atoms with Crippen LogP contribution in [0.4, 0.5) is 0 Å². The Hall–Kier alpha value is -2.79. The fourth-order valence-corrected chi connectivity index (χ4v) is 2.87. The third-order valence-corrected chi connectivity index (χ3v) is 4.14. The normalized spacial score (nSPS) is 10.9. The number of pyridine rings is 1. The third kappa shape index (κ3) is 3.94. The van der Waals surface area contributed by atoms with Gasteiger partial charge in [-0.05, 0) is 55.5 Å². The van der Waals surface area contributed by atoms with Gasteiger partial charge in [0.1, 0.15) is 10.8 Å². The van der Waals surface area contributed by atoms with Gasteiger partial charge in [0, 0.05) is 17.1 Å². The Morgan fingerprint density at radius 2 is 2.04 bits per heavy atom. The lowest BCUT2D eigenvalue weighted by Gasteiger charge is -2.02. The summed E-state index contributed by atoms with van der Waals surface area (Å²) in [4.78, 5) is 21.0. The van der Waals surface area contributed by atoms with Gasteiger partial charge < -0.3 is 4.74 Å². The molecule has 2 heterocycles. The van der Waals surface area contributed by atoms with Crippen molar-refractivity contribution in [3.8, 4) is 16.5 Å². The summed E-state index contributed by atoms with van der Waals surface area (Å²) in [5, 5.41) is 2.75. The molecule has 0 aliphatic rings. The number of nitrogens with zero attached hydrogens (tertiary/aromatic N) is 2. The number of hydrogen-bond donors (Lipinski definition) is 0. The number of rotatable bonds is 6. The van der Waals surface area contributed by atoms with E-state index in [1.165, 1.54) is 17.4 Å². The maximum atomic E-state index is 12.2. The predicted molar refractivity (Wildman–Crippen MR) is 96.3 cm³/mol. The van der Waals surface area contributed by atoms with Crippen molar-refractivity contribution in [2.24, 2.45) is 0 Å². The first-order valence-corrected chi connectivity index (χ1v) is 8.46. The van der Waals surface area contributed by atoms with Crippen LogP contribution in [0.2, 0.25) is 0 Å². The zero-order valence-electron chi connectivity index (χ0n) is 13.2. The zero-order chi connectivity index (χ0) is 16.8. The number of carbonyl (C=O) groups is 1. The summed E-state index contributed by atoms with van der Waals surface area (Å²) < 4.78 is 5.37. The van der Waals surface area contributed by atoms with Gasteiger partial charge in [0.2, 0.25) is 0 Å². The molecule has 1 aromatic carbocycles. The highest BCUT2D eigenvalue weighted by atomic mass is 32.1. The quantitative estimate of drug-likeness (QED) is 0.491. The van der Waals surface area contributed by atoms with Crippen LogP contribution < -0.4 is 4.74 Å². The largest absolute Gasteiger partial charge is 0.494 e. The van der Waals surface area contributed by atoms with Gasteiger partial charge in [0.05, 0.1) is 18.0 Å². The van der Waals surface area contributed by atoms with Gasteiger partial charge in [-0.3, -0.25) is 9.78 Å². The van der Waals surface area contributed by atoms with Gasteiger partial charge in [-0.1, -0.05) is 6.07 Å². The Labute approximate surface area is 144 Å². The first kappa shape index (κ1) is 16.1. The molecular formula is C19H16N2O2S. The number of ketones is 1. The van der Waals surface area contributed by atoms with Crippen molar-refractivity contribution in [1.82, 2.24) is 9.97 Å². The average molecular weight is 336 g/mol. The van der Waals surface area contributed by atoms with Crippen molar-refractivity contribution in [2.45, 2.75) is 6.92 Å². The van der Waals surface area contributed by atoms with Crippen LogP contribution in [-0.4, -0.2) is 22.4 Å². The van der Waals surface area contributed by atoms with Crippen molar-refractivity contribution < 1.29 is 9.53 Å². The van der Waals surface area contributed by atoms with Gasteiger partial charge in [-0.2, -0.15) is 0 Å². The maximum Gasteiger partial charge on any atom is 0.185 e. The van der Waals surface area contributed by atoms with Gasteiger partial charge in [-0.25, -0.2) is 4.98 Å². The highest BCUT2D eigenvalue weighted by Crippen LogP contribution is 2.22. The number of ether oxygens (including phenoxy) is 1. The Bertz CT molecular complexity index is 839. The summed E-state index contributed by atoms with van der Waals surface area (Å²) in [6.45, 7) is 2.53. The highest BCUT2D eigenvalue weighted by Gasteiger charge is 2.05. The molecule has 2 aromatic heterocycles. The number of carbonyl (C=O) groups excluding carboxylic acids is 1. The summed E-state index contributed by atoms with van der Waals surface area (Å²) in [6, 6.07) is 12.8. The van der Waals surface area contributed by atoms with E-state index in [4.69, 9.17) is 4.74 Å². The van der Waals surface area contributed by atoms with Crippen LogP contribution in [0, 0.1) is 0 Å². The van der Waals surface area contributed by atoms with Crippen molar-refractivity contribution in [3.05, 3.63) is 71.4 Å². The molecule has 0 aliphatic heterocycles. The fourth-order valence-electron chi connectivity index (χ4n) is 2.11. The van der Waals surface area contributed by atoms with Crippen molar-refractivity contribution >= 4 is 23.2 Å². The van der Waals surface area contributed by atoms with E-state index in [2.05, 4.69) is 9.97 Å². The first-order valence-electron chi connectivity index (χ1n) is 7.58. The molecule has 0 spiro atoms. The minimum atomic E-state index is -0.0644. The smallest absolute Gasteiger partial charge is 0.185 e. The second kappa shape index (κ2) is 7.66. The third-order valence-electron chi connectivity index (χ3n) is 3.26. The minimum Gasteiger partial charge on any atom is -0.494 e. The molecule has 0 saturated carbocycles. The van der Waals surface area contributed by atoms with Gasteiger partial charge in [0.25, 0.3) is 0 Å². The van der Waals surface area contributed by atoms with Gasteiger partial charge in [-0.15, -0.1) is 11.3 Å². The molecule has 0 unspecified atom stereocenters. The van der Waals surface area contributed by atoms with E-state index in [9.17, 15) is 4.79 Å². The van der Waals surface area contributed by atoms with Crippen LogP contribution in [0.3, 0.4) is 0 Å². The lowest BCUT2D eigenvalue weighted by Crippen LogP contribution is -1.95. The summed E-state index contributed by atoms with van der Waals surface area (Å²) in [7, 11) is 0. The molecule has 0 amide bonds. The molecule has 3 rings (SSSR count). The van der Waals surface area contributed by atoms with E-state index in [0.29, 0.717) is 12.2 Å². The average Bonchev–Trinajstić information content (AvgIpc) is 3.10. The molecule has 0 fully saturated rings. The van der Waals surface area contributed by atoms with Crippen LogP contribution in [-0.2, 0) is 0 Å².